The van der Waals surface area contributed by atoms with E-state index in [2.05, 4.69) is 25.9 Å². The van der Waals surface area contributed by atoms with Gasteiger partial charge in [-0.15, -0.1) is 12.4 Å². The topological polar surface area (TPSA) is 21.1 Å². The molecule has 0 aromatic carbocycles. The van der Waals surface area contributed by atoms with Crippen LogP contribution < -0.4 is 0 Å². The van der Waals surface area contributed by atoms with Gasteiger partial charge in [-0.25, -0.2) is 0 Å². The standard InChI is InChI=1S/C9H14BrN3.ClH/c10-9-7-11-13(8-9)6-5-12-3-1-2-4-12;/h7-8H,1-6H2;1H. The number of nitrogens with zero attached hydrogens (tertiary/aromatic N) is 3. The van der Waals surface area contributed by atoms with Gasteiger partial charge >= 0.3 is 0 Å². The van der Waals surface area contributed by atoms with Crippen molar-refractivity contribution in [2.75, 3.05) is 19.6 Å². The predicted octanol–water partition coefficient (Wildman–Crippen LogP) is 2.16. The first-order valence-electron chi connectivity index (χ1n) is 4.75. The highest BCUT2D eigenvalue weighted by Gasteiger charge is 2.10. The highest BCUT2D eigenvalue weighted by Crippen LogP contribution is 2.08. The highest BCUT2D eigenvalue weighted by molar-refractivity contribution is 9.10. The Bertz CT molecular complexity index is 271. The minimum atomic E-state index is 0. The second-order valence-electron chi connectivity index (χ2n) is 3.47. The Morgan fingerprint density at radius 2 is 2.00 bits per heavy atom. The van der Waals surface area contributed by atoms with E-state index >= 15 is 0 Å². The van der Waals surface area contributed by atoms with E-state index in [0.717, 1.165) is 17.6 Å². The lowest BCUT2D eigenvalue weighted by molar-refractivity contribution is 0.316. The van der Waals surface area contributed by atoms with Crippen molar-refractivity contribution < 1.29 is 0 Å². The first kappa shape index (κ1) is 12.0. The van der Waals surface area contributed by atoms with E-state index in [1.807, 2.05) is 17.1 Å². The van der Waals surface area contributed by atoms with Crippen LogP contribution in [0.5, 0.6) is 0 Å². The third kappa shape index (κ3) is 3.26. The molecule has 3 nitrogen and oxygen atoms in total. The zero-order valence-corrected chi connectivity index (χ0v) is 10.4. The summed E-state index contributed by atoms with van der Waals surface area (Å²) in [7, 11) is 0. The molecule has 2 heterocycles. The van der Waals surface area contributed by atoms with Gasteiger partial charge in [-0.05, 0) is 41.9 Å². The summed E-state index contributed by atoms with van der Waals surface area (Å²) in [6.45, 7) is 4.67. The molecule has 0 saturated carbocycles. The van der Waals surface area contributed by atoms with Gasteiger partial charge in [0.2, 0.25) is 0 Å². The lowest BCUT2D eigenvalue weighted by atomic mass is 10.4. The maximum atomic E-state index is 4.22. The van der Waals surface area contributed by atoms with Crippen LogP contribution in [0.3, 0.4) is 0 Å². The minimum absolute atomic E-state index is 0. The molecule has 0 radical (unpaired) electrons. The monoisotopic (exact) mass is 279 g/mol. The summed E-state index contributed by atoms with van der Waals surface area (Å²) in [6, 6.07) is 0. The third-order valence-corrected chi connectivity index (χ3v) is 2.86. The van der Waals surface area contributed by atoms with Crippen LogP contribution in [0.15, 0.2) is 16.9 Å². The summed E-state index contributed by atoms with van der Waals surface area (Å²) in [5, 5.41) is 4.22. The quantitative estimate of drug-likeness (QED) is 0.846. The average molecular weight is 281 g/mol. The molecule has 1 saturated heterocycles. The molecule has 1 aliphatic heterocycles. The van der Waals surface area contributed by atoms with E-state index in [9.17, 15) is 0 Å². The Balaban J connectivity index is 0.000000980. The summed E-state index contributed by atoms with van der Waals surface area (Å²) in [5.41, 5.74) is 0. The van der Waals surface area contributed by atoms with Gasteiger partial charge in [0.25, 0.3) is 0 Å². The van der Waals surface area contributed by atoms with Crippen LogP contribution in [0, 0.1) is 0 Å². The van der Waals surface area contributed by atoms with Gasteiger partial charge < -0.3 is 4.90 Å². The number of aromatic nitrogens is 2. The molecule has 1 aliphatic rings. The summed E-state index contributed by atoms with van der Waals surface area (Å²) in [5.74, 6) is 0. The molecule has 0 aliphatic carbocycles. The Hall–Kier alpha value is -0.0600. The molecule has 1 fully saturated rings. The SMILES string of the molecule is Brc1cnn(CCN2CCCC2)c1.Cl. The van der Waals surface area contributed by atoms with Gasteiger partial charge in [0.05, 0.1) is 17.2 Å². The molecule has 1 aromatic heterocycles. The van der Waals surface area contributed by atoms with E-state index in [4.69, 9.17) is 0 Å². The second kappa shape index (κ2) is 5.73. The number of halogens is 2. The van der Waals surface area contributed by atoms with Crippen molar-refractivity contribution in [1.82, 2.24) is 14.7 Å². The molecule has 0 amide bonds. The molecule has 2 rings (SSSR count). The van der Waals surface area contributed by atoms with Crippen molar-refractivity contribution in [3.63, 3.8) is 0 Å². The van der Waals surface area contributed by atoms with Gasteiger partial charge in [-0.1, -0.05) is 0 Å². The number of hydrogen-bond donors (Lipinski definition) is 0. The van der Waals surface area contributed by atoms with E-state index in [1.54, 1.807) is 0 Å². The van der Waals surface area contributed by atoms with Gasteiger partial charge in [-0.2, -0.15) is 5.10 Å². The predicted molar refractivity (Wildman–Crippen MR) is 62.8 cm³/mol. The van der Waals surface area contributed by atoms with Crippen molar-refractivity contribution in [3.8, 4) is 0 Å². The van der Waals surface area contributed by atoms with E-state index in [1.165, 1.54) is 25.9 Å². The average Bonchev–Trinajstić information content (AvgIpc) is 2.71. The van der Waals surface area contributed by atoms with Crippen molar-refractivity contribution in [2.45, 2.75) is 19.4 Å². The number of hydrogen-bond acceptors (Lipinski definition) is 2. The van der Waals surface area contributed by atoms with E-state index < -0.39 is 0 Å². The van der Waals surface area contributed by atoms with Crippen LogP contribution in [0.4, 0.5) is 0 Å². The van der Waals surface area contributed by atoms with Crippen molar-refractivity contribution in [2.24, 2.45) is 0 Å². The summed E-state index contributed by atoms with van der Waals surface area (Å²) in [6.07, 6.45) is 6.59. The van der Waals surface area contributed by atoms with E-state index in [-0.39, 0.29) is 12.4 Å². The third-order valence-electron chi connectivity index (χ3n) is 2.45. The van der Waals surface area contributed by atoms with Crippen LogP contribution in [0.2, 0.25) is 0 Å². The fourth-order valence-corrected chi connectivity index (χ4v) is 2.04. The molecule has 0 unspecified atom stereocenters. The molecule has 14 heavy (non-hydrogen) atoms. The molecule has 0 bridgehead atoms. The fraction of sp³-hybridized carbons (Fsp3) is 0.667. The maximum Gasteiger partial charge on any atom is 0.0632 e. The van der Waals surface area contributed by atoms with Crippen LogP contribution in [-0.2, 0) is 6.54 Å². The Morgan fingerprint density at radius 3 is 2.57 bits per heavy atom. The molecule has 0 N–H and O–H groups in total. The highest BCUT2D eigenvalue weighted by atomic mass is 79.9. The van der Waals surface area contributed by atoms with Gasteiger partial charge in [0.1, 0.15) is 0 Å². The molecule has 80 valence electrons. The van der Waals surface area contributed by atoms with E-state index in [0.29, 0.717) is 0 Å². The lowest BCUT2D eigenvalue weighted by Gasteiger charge is -2.13. The zero-order chi connectivity index (χ0) is 9.10. The Kier molecular flexibility index (Phi) is 4.92. The lowest BCUT2D eigenvalue weighted by Crippen LogP contribution is -2.24. The smallest absolute Gasteiger partial charge is 0.0632 e. The van der Waals surface area contributed by atoms with Crippen LogP contribution in [-0.4, -0.2) is 34.3 Å². The molecule has 1 aromatic rings. The first-order chi connectivity index (χ1) is 6.34. The van der Waals surface area contributed by atoms with Crippen LogP contribution in [0.1, 0.15) is 12.8 Å². The van der Waals surface area contributed by atoms with Crippen LogP contribution in [0.25, 0.3) is 0 Å². The zero-order valence-electron chi connectivity index (χ0n) is 8.03. The number of rotatable bonds is 3. The van der Waals surface area contributed by atoms with Crippen LogP contribution >= 0.6 is 28.3 Å². The van der Waals surface area contributed by atoms with Crippen molar-refractivity contribution in [3.05, 3.63) is 16.9 Å². The Labute approximate surface area is 99.0 Å². The van der Waals surface area contributed by atoms with Gasteiger partial charge in [-0.3, -0.25) is 4.68 Å². The summed E-state index contributed by atoms with van der Waals surface area (Å²) < 4.78 is 3.05. The molecule has 0 atom stereocenters. The van der Waals surface area contributed by atoms with Crippen molar-refractivity contribution in [1.29, 1.82) is 0 Å². The minimum Gasteiger partial charge on any atom is -0.301 e. The molecular weight excluding hydrogens is 265 g/mol. The largest absolute Gasteiger partial charge is 0.301 e. The van der Waals surface area contributed by atoms with Gasteiger partial charge in [0.15, 0.2) is 0 Å². The summed E-state index contributed by atoms with van der Waals surface area (Å²) >= 11 is 3.39. The first-order valence-corrected chi connectivity index (χ1v) is 5.54. The number of likely N-dealkylation sites (tertiary alicyclic amines) is 1. The summed E-state index contributed by atoms with van der Waals surface area (Å²) in [4.78, 5) is 2.50. The maximum absolute atomic E-state index is 4.22. The second-order valence-corrected chi connectivity index (χ2v) is 4.39. The normalized spacial score (nSPS) is 16.9. The molecule has 0 spiro atoms. The van der Waals surface area contributed by atoms with Gasteiger partial charge in [0, 0.05) is 12.7 Å². The molecule has 5 heteroatoms. The fourth-order valence-electron chi connectivity index (χ4n) is 1.71. The molecular formula is C9H15BrClN3. The Morgan fingerprint density at radius 1 is 1.29 bits per heavy atom. The van der Waals surface area contributed by atoms with Crippen molar-refractivity contribution >= 4 is 28.3 Å².